The third kappa shape index (κ3) is 2.07. The van der Waals surface area contributed by atoms with Gasteiger partial charge in [0.15, 0.2) is 5.83 Å². The molecule has 0 radical (unpaired) electrons. The molecule has 8 heteroatoms. The molecule has 0 aliphatic carbocycles. The second-order valence-corrected chi connectivity index (χ2v) is 2.17. The molecule has 0 N–H and O–H groups in total. The Morgan fingerprint density at radius 1 is 1.15 bits per heavy atom. The second kappa shape index (κ2) is 3.73. The highest BCUT2D eigenvalue weighted by molar-refractivity contribution is 6.25. The zero-order valence-corrected chi connectivity index (χ0v) is 6.43. The van der Waals surface area contributed by atoms with Gasteiger partial charge in [0.1, 0.15) is 0 Å². The van der Waals surface area contributed by atoms with Crippen molar-refractivity contribution in [2.24, 2.45) is 0 Å². The van der Waals surface area contributed by atoms with Crippen molar-refractivity contribution < 1.29 is 30.7 Å². The summed E-state index contributed by atoms with van der Waals surface area (Å²) in [5.74, 6) is -14.2. The van der Waals surface area contributed by atoms with E-state index in [-0.39, 0.29) is 0 Å². The van der Waals surface area contributed by atoms with Crippen LogP contribution in [0.5, 0.6) is 0 Å². The molecule has 0 unspecified atom stereocenters. The van der Waals surface area contributed by atoms with E-state index in [0.29, 0.717) is 0 Å². The quantitative estimate of drug-likeness (QED) is 0.650. The maximum Gasteiger partial charge on any atom is 0.376 e. The number of rotatable bonds is 3. The van der Waals surface area contributed by atoms with Crippen LogP contribution >= 0.6 is 11.6 Å². The third-order valence-electron chi connectivity index (χ3n) is 1.09. The van der Waals surface area contributed by atoms with E-state index >= 15 is 0 Å². The smallest absolute Gasteiger partial charge is 0.204 e. The van der Waals surface area contributed by atoms with Gasteiger partial charge in [-0.3, -0.25) is 0 Å². The van der Waals surface area contributed by atoms with Crippen LogP contribution in [-0.4, -0.2) is 18.3 Å². The van der Waals surface area contributed by atoms with Crippen LogP contribution in [0.15, 0.2) is 11.4 Å². The Hall–Kier alpha value is -0.460. The molecule has 0 spiro atoms. The van der Waals surface area contributed by atoms with Crippen LogP contribution in [0.2, 0.25) is 0 Å². The highest BCUT2D eigenvalue weighted by Crippen LogP contribution is 2.44. The van der Waals surface area contributed by atoms with Crippen LogP contribution in [0, 0.1) is 0 Å². The van der Waals surface area contributed by atoms with E-state index in [1.54, 1.807) is 0 Å². The molecule has 0 aromatic carbocycles. The first-order valence-electron chi connectivity index (χ1n) is 2.68. The average molecular weight is 231 g/mol. The molecule has 0 amide bonds. The summed E-state index contributed by atoms with van der Waals surface area (Å²) in [6.45, 7) is 0. The van der Waals surface area contributed by atoms with Gasteiger partial charge in [-0.2, -0.15) is 17.6 Å². The minimum Gasteiger partial charge on any atom is -0.204 e. The number of allylic oxidation sites excluding steroid dienone is 1. The van der Waals surface area contributed by atoms with Gasteiger partial charge >= 0.3 is 18.3 Å². The minimum atomic E-state index is -5.78. The number of halogens is 8. The largest absolute Gasteiger partial charge is 0.376 e. The van der Waals surface area contributed by atoms with Gasteiger partial charge in [0.05, 0.1) is 0 Å². The van der Waals surface area contributed by atoms with E-state index < -0.39 is 29.6 Å². The van der Waals surface area contributed by atoms with Crippen molar-refractivity contribution in [1.82, 2.24) is 0 Å². The summed E-state index contributed by atoms with van der Waals surface area (Å²) in [5.41, 5.74) is -0.518. The Kier molecular flexibility index (Phi) is 3.60. The van der Waals surface area contributed by atoms with Gasteiger partial charge in [-0.05, 0) is 0 Å². The van der Waals surface area contributed by atoms with E-state index in [1.807, 2.05) is 0 Å². The summed E-state index contributed by atoms with van der Waals surface area (Å²) in [6, 6.07) is 0. The zero-order chi connectivity index (χ0) is 10.9. The Morgan fingerprint density at radius 2 is 1.54 bits per heavy atom. The molecule has 0 aromatic rings. The summed E-state index contributed by atoms with van der Waals surface area (Å²) in [5, 5.41) is 0. The monoisotopic (exact) mass is 230 g/mol. The van der Waals surface area contributed by atoms with Crippen molar-refractivity contribution in [2.45, 2.75) is 18.3 Å². The summed E-state index contributed by atoms with van der Waals surface area (Å²) in [6.07, 6.45) is -4.68. The van der Waals surface area contributed by atoms with Crippen LogP contribution < -0.4 is 0 Å². The molecule has 78 valence electrons. The SMILES string of the molecule is F/C(=C/Cl)C(F)(F)C(F)(F)C(F)F. The molecule has 0 saturated carbocycles. The highest BCUT2D eigenvalue weighted by Gasteiger charge is 2.65. The molecule has 0 heterocycles. The van der Waals surface area contributed by atoms with Gasteiger partial charge in [0, 0.05) is 5.54 Å². The number of alkyl halides is 6. The summed E-state index contributed by atoms with van der Waals surface area (Å²) < 4.78 is 82.6. The van der Waals surface area contributed by atoms with Crippen LogP contribution in [0.4, 0.5) is 30.7 Å². The Morgan fingerprint density at radius 3 is 1.77 bits per heavy atom. The molecule has 0 rings (SSSR count). The van der Waals surface area contributed by atoms with Crippen molar-refractivity contribution in [3.8, 4) is 0 Å². The molecular formula is C5H2ClF7. The first-order chi connectivity index (χ1) is 5.67. The van der Waals surface area contributed by atoms with Gasteiger partial charge in [-0.15, -0.1) is 0 Å². The van der Waals surface area contributed by atoms with Crippen molar-refractivity contribution >= 4 is 11.6 Å². The minimum absolute atomic E-state index is 0.518. The fourth-order valence-corrected chi connectivity index (χ4v) is 0.502. The lowest BCUT2D eigenvalue weighted by Crippen LogP contribution is -2.46. The standard InChI is InChI=1S/C5H2ClF7/c6-1-2(7)4(10,11)5(12,13)3(8)9/h1,3H/b2-1+. The molecular weight excluding hydrogens is 228 g/mol. The van der Waals surface area contributed by atoms with E-state index in [0.717, 1.165) is 0 Å². The molecule has 0 aromatic heterocycles. The first kappa shape index (κ1) is 12.5. The van der Waals surface area contributed by atoms with Gasteiger partial charge in [-0.1, -0.05) is 11.6 Å². The molecule has 0 aliphatic rings. The summed E-state index contributed by atoms with van der Waals surface area (Å²) >= 11 is 4.35. The molecule has 0 nitrogen and oxygen atoms in total. The molecule has 13 heavy (non-hydrogen) atoms. The fourth-order valence-electron chi connectivity index (χ4n) is 0.365. The van der Waals surface area contributed by atoms with E-state index in [9.17, 15) is 30.7 Å². The normalized spacial score (nSPS) is 15.3. The van der Waals surface area contributed by atoms with Gasteiger partial charge in [-0.25, -0.2) is 13.2 Å². The van der Waals surface area contributed by atoms with Crippen LogP contribution in [0.3, 0.4) is 0 Å². The molecule has 0 atom stereocenters. The molecule has 0 aliphatic heterocycles. The first-order valence-corrected chi connectivity index (χ1v) is 3.11. The Labute approximate surface area is 73.0 Å². The van der Waals surface area contributed by atoms with Crippen LogP contribution in [0.25, 0.3) is 0 Å². The molecule has 0 fully saturated rings. The van der Waals surface area contributed by atoms with Crippen LogP contribution in [-0.2, 0) is 0 Å². The predicted molar refractivity (Wildman–Crippen MR) is 30.9 cm³/mol. The average Bonchev–Trinajstić information content (AvgIpc) is 2.02. The van der Waals surface area contributed by atoms with Crippen molar-refractivity contribution in [3.63, 3.8) is 0 Å². The van der Waals surface area contributed by atoms with Gasteiger partial charge in [0.2, 0.25) is 0 Å². The third-order valence-corrected chi connectivity index (χ3v) is 1.28. The highest BCUT2D eigenvalue weighted by atomic mass is 35.5. The summed E-state index contributed by atoms with van der Waals surface area (Å²) in [4.78, 5) is 0. The van der Waals surface area contributed by atoms with Gasteiger partial charge < -0.3 is 0 Å². The van der Waals surface area contributed by atoms with Gasteiger partial charge in [0.25, 0.3) is 0 Å². The van der Waals surface area contributed by atoms with Crippen molar-refractivity contribution in [3.05, 3.63) is 11.4 Å². The Balaban J connectivity index is 5.03. The predicted octanol–water partition coefficient (Wildman–Crippen LogP) is 3.57. The maximum absolute atomic E-state index is 12.1. The molecule has 0 bridgehead atoms. The zero-order valence-electron chi connectivity index (χ0n) is 5.68. The van der Waals surface area contributed by atoms with E-state index in [1.165, 1.54) is 0 Å². The van der Waals surface area contributed by atoms with Crippen LogP contribution in [0.1, 0.15) is 0 Å². The summed E-state index contributed by atoms with van der Waals surface area (Å²) in [7, 11) is 0. The topological polar surface area (TPSA) is 0 Å². The maximum atomic E-state index is 12.1. The number of hydrogen-bond acceptors (Lipinski definition) is 0. The van der Waals surface area contributed by atoms with Crippen molar-refractivity contribution in [1.29, 1.82) is 0 Å². The lowest BCUT2D eigenvalue weighted by atomic mass is 10.1. The van der Waals surface area contributed by atoms with E-state index in [4.69, 9.17) is 0 Å². The lowest BCUT2D eigenvalue weighted by Gasteiger charge is -2.23. The lowest BCUT2D eigenvalue weighted by molar-refractivity contribution is -0.252. The molecule has 0 saturated heterocycles. The Bertz CT molecular complexity index is 209. The van der Waals surface area contributed by atoms with E-state index in [2.05, 4.69) is 11.6 Å². The fraction of sp³-hybridized carbons (Fsp3) is 0.600. The second-order valence-electron chi connectivity index (χ2n) is 1.96. The number of hydrogen-bond donors (Lipinski definition) is 0. The van der Waals surface area contributed by atoms with Crippen molar-refractivity contribution in [2.75, 3.05) is 0 Å².